The average Bonchev–Trinajstić information content (AvgIpc) is 2.81. The molecule has 3 aromatic rings. The van der Waals surface area contributed by atoms with Crippen LogP contribution in [0, 0.1) is 5.82 Å². The molecule has 2 heterocycles. The molecule has 0 aliphatic rings. The fourth-order valence-corrected chi connectivity index (χ4v) is 1.95. The van der Waals surface area contributed by atoms with Gasteiger partial charge >= 0.3 is 0 Å². The maximum Gasteiger partial charge on any atom is 0.144 e. The van der Waals surface area contributed by atoms with E-state index in [1.54, 1.807) is 19.4 Å². The van der Waals surface area contributed by atoms with Crippen LogP contribution in [0.3, 0.4) is 0 Å². The molecule has 1 aromatic carbocycles. The lowest BCUT2D eigenvalue weighted by atomic mass is 10.2. The predicted octanol–water partition coefficient (Wildman–Crippen LogP) is 3.15. The minimum Gasteiger partial charge on any atom is -0.497 e. The van der Waals surface area contributed by atoms with Gasteiger partial charge in [-0.1, -0.05) is 12.1 Å². The second-order valence-electron chi connectivity index (χ2n) is 3.95. The highest BCUT2D eigenvalue weighted by Gasteiger charge is 2.07. The van der Waals surface area contributed by atoms with Crippen molar-refractivity contribution in [3.8, 4) is 17.1 Å². The summed E-state index contributed by atoms with van der Waals surface area (Å²) < 4.78 is 20.3. The van der Waals surface area contributed by atoms with E-state index in [1.807, 2.05) is 28.8 Å². The van der Waals surface area contributed by atoms with Gasteiger partial charge in [0.2, 0.25) is 0 Å². The first kappa shape index (κ1) is 10.8. The topological polar surface area (TPSA) is 26.5 Å². The van der Waals surface area contributed by atoms with Gasteiger partial charge in [0.1, 0.15) is 17.4 Å². The Labute approximate surface area is 103 Å². The number of imidazole rings is 1. The van der Waals surface area contributed by atoms with Crippen LogP contribution in [-0.4, -0.2) is 16.5 Å². The van der Waals surface area contributed by atoms with Crippen LogP contribution in [0.15, 0.2) is 48.8 Å². The first-order chi connectivity index (χ1) is 8.78. The summed E-state index contributed by atoms with van der Waals surface area (Å²) in [4.78, 5) is 4.32. The third kappa shape index (κ3) is 1.72. The number of nitrogens with zero attached hydrogens (tertiary/aromatic N) is 2. The van der Waals surface area contributed by atoms with E-state index in [0.717, 1.165) is 16.8 Å². The number of hydrogen-bond donors (Lipinski definition) is 0. The summed E-state index contributed by atoms with van der Waals surface area (Å²) in [5.74, 6) is 1.22. The summed E-state index contributed by atoms with van der Waals surface area (Å²) in [6, 6.07) is 10.1. The summed E-state index contributed by atoms with van der Waals surface area (Å²) in [5, 5.41) is 0. The number of ether oxygens (including phenoxy) is 1. The Kier molecular flexibility index (Phi) is 2.48. The van der Waals surface area contributed by atoms with Crippen molar-refractivity contribution in [3.63, 3.8) is 0 Å². The van der Waals surface area contributed by atoms with Gasteiger partial charge in [0, 0.05) is 17.8 Å². The molecule has 0 unspecified atom stereocenters. The molecule has 0 atom stereocenters. The predicted molar refractivity (Wildman–Crippen MR) is 67.1 cm³/mol. The zero-order valence-corrected chi connectivity index (χ0v) is 9.80. The number of fused-ring (bicyclic) bond motifs is 1. The normalized spacial score (nSPS) is 10.8. The van der Waals surface area contributed by atoms with Crippen molar-refractivity contribution >= 4 is 5.52 Å². The lowest BCUT2D eigenvalue weighted by molar-refractivity contribution is 0.414. The smallest absolute Gasteiger partial charge is 0.144 e. The molecule has 0 fully saturated rings. The van der Waals surface area contributed by atoms with Gasteiger partial charge in [0.25, 0.3) is 0 Å². The summed E-state index contributed by atoms with van der Waals surface area (Å²) in [6.07, 6.45) is 3.60. The number of methoxy groups -OCH3 is 1. The molecule has 4 heteroatoms. The largest absolute Gasteiger partial charge is 0.497 e. The van der Waals surface area contributed by atoms with Crippen molar-refractivity contribution in [2.45, 2.75) is 0 Å². The number of halogens is 1. The molecule has 0 radical (unpaired) electrons. The molecule has 0 spiro atoms. The Hall–Kier alpha value is -2.36. The first-order valence-electron chi connectivity index (χ1n) is 5.55. The molecule has 2 aromatic heterocycles. The van der Waals surface area contributed by atoms with Gasteiger partial charge in [-0.25, -0.2) is 9.37 Å². The van der Waals surface area contributed by atoms with Crippen molar-refractivity contribution in [2.75, 3.05) is 7.11 Å². The number of pyridine rings is 1. The van der Waals surface area contributed by atoms with Crippen molar-refractivity contribution in [1.82, 2.24) is 9.38 Å². The van der Waals surface area contributed by atoms with E-state index in [4.69, 9.17) is 4.74 Å². The maximum atomic E-state index is 13.2. The molecule has 18 heavy (non-hydrogen) atoms. The van der Waals surface area contributed by atoms with Crippen LogP contribution < -0.4 is 4.74 Å². The standard InChI is InChI=1S/C14H11FN2O/c1-18-13-5-6-17-12(8-13)9-16-14(17)10-3-2-4-11(15)7-10/h2-9H,1H3. The van der Waals surface area contributed by atoms with E-state index in [2.05, 4.69) is 4.98 Å². The van der Waals surface area contributed by atoms with Gasteiger partial charge in [0.15, 0.2) is 0 Å². The number of aromatic nitrogens is 2. The van der Waals surface area contributed by atoms with Gasteiger partial charge in [-0.05, 0) is 18.2 Å². The minimum atomic E-state index is -0.266. The quantitative estimate of drug-likeness (QED) is 0.690. The highest BCUT2D eigenvalue weighted by Crippen LogP contribution is 2.22. The molecule has 90 valence electrons. The highest BCUT2D eigenvalue weighted by atomic mass is 19.1. The number of hydrogen-bond acceptors (Lipinski definition) is 2. The second kappa shape index (κ2) is 4.14. The molecule has 0 saturated heterocycles. The fourth-order valence-electron chi connectivity index (χ4n) is 1.95. The molecule has 0 N–H and O–H groups in total. The lowest BCUT2D eigenvalue weighted by Crippen LogP contribution is -1.91. The van der Waals surface area contributed by atoms with Crippen LogP contribution in [0.2, 0.25) is 0 Å². The van der Waals surface area contributed by atoms with E-state index in [-0.39, 0.29) is 5.82 Å². The molecule has 3 nitrogen and oxygen atoms in total. The van der Waals surface area contributed by atoms with Crippen molar-refractivity contribution < 1.29 is 9.13 Å². The van der Waals surface area contributed by atoms with Crippen molar-refractivity contribution in [1.29, 1.82) is 0 Å². The second-order valence-corrected chi connectivity index (χ2v) is 3.95. The van der Waals surface area contributed by atoms with E-state index < -0.39 is 0 Å². The monoisotopic (exact) mass is 242 g/mol. The average molecular weight is 242 g/mol. The van der Waals surface area contributed by atoms with Gasteiger partial charge in [-0.2, -0.15) is 0 Å². The Bertz CT molecular complexity index is 706. The summed E-state index contributed by atoms with van der Waals surface area (Å²) in [7, 11) is 1.62. The summed E-state index contributed by atoms with van der Waals surface area (Å²) >= 11 is 0. The van der Waals surface area contributed by atoms with Crippen LogP contribution in [0.1, 0.15) is 0 Å². The molecule has 0 saturated carbocycles. The molecule has 0 bridgehead atoms. The number of rotatable bonds is 2. The third-order valence-electron chi connectivity index (χ3n) is 2.82. The lowest BCUT2D eigenvalue weighted by Gasteiger charge is -2.03. The van der Waals surface area contributed by atoms with Crippen LogP contribution in [-0.2, 0) is 0 Å². The molecule has 3 rings (SSSR count). The fraction of sp³-hybridized carbons (Fsp3) is 0.0714. The first-order valence-corrected chi connectivity index (χ1v) is 5.55. The van der Waals surface area contributed by atoms with E-state index in [1.165, 1.54) is 12.1 Å². The van der Waals surface area contributed by atoms with E-state index in [0.29, 0.717) is 5.82 Å². The van der Waals surface area contributed by atoms with E-state index in [9.17, 15) is 4.39 Å². The highest BCUT2D eigenvalue weighted by molar-refractivity contribution is 5.63. The molecular weight excluding hydrogens is 231 g/mol. The third-order valence-corrected chi connectivity index (χ3v) is 2.82. The minimum absolute atomic E-state index is 0.266. The SMILES string of the molecule is COc1ccn2c(-c3cccc(F)c3)ncc2c1. The van der Waals surface area contributed by atoms with Crippen molar-refractivity contribution in [3.05, 3.63) is 54.6 Å². The molecule has 0 aliphatic heterocycles. The summed E-state index contributed by atoms with van der Waals surface area (Å²) in [6.45, 7) is 0. The summed E-state index contributed by atoms with van der Waals surface area (Å²) in [5.41, 5.74) is 1.66. The van der Waals surface area contributed by atoms with Gasteiger partial charge in [0.05, 0.1) is 18.8 Å². The Balaban J connectivity index is 2.18. The Morgan fingerprint density at radius 2 is 2.11 bits per heavy atom. The van der Waals surface area contributed by atoms with Crippen LogP contribution in [0.4, 0.5) is 4.39 Å². The maximum absolute atomic E-state index is 13.2. The molecule has 0 amide bonds. The molecule has 0 aliphatic carbocycles. The zero-order valence-electron chi connectivity index (χ0n) is 9.80. The Morgan fingerprint density at radius 1 is 1.22 bits per heavy atom. The van der Waals surface area contributed by atoms with Crippen LogP contribution >= 0.6 is 0 Å². The van der Waals surface area contributed by atoms with Crippen molar-refractivity contribution in [2.24, 2.45) is 0 Å². The zero-order chi connectivity index (χ0) is 12.5. The van der Waals surface area contributed by atoms with Crippen LogP contribution in [0.25, 0.3) is 16.9 Å². The van der Waals surface area contributed by atoms with Crippen LogP contribution in [0.5, 0.6) is 5.75 Å². The molecular formula is C14H11FN2O. The van der Waals surface area contributed by atoms with Gasteiger partial charge in [-0.15, -0.1) is 0 Å². The van der Waals surface area contributed by atoms with E-state index >= 15 is 0 Å². The Morgan fingerprint density at radius 3 is 2.89 bits per heavy atom. The van der Waals surface area contributed by atoms with Gasteiger partial charge in [-0.3, -0.25) is 4.40 Å². The van der Waals surface area contributed by atoms with Gasteiger partial charge < -0.3 is 4.74 Å². The number of benzene rings is 1.